The van der Waals surface area contributed by atoms with Crippen molar-refractivity contribution in [1.82, 2.24) is 4.98 Å². The molecule has 5 heteroatoms. The van der Waals surface area contributed by atoms with Crippen LogP contribution in [-0.4, -0.2) is 21.2 Å². The summed E-state index contributed by atoms with van der Waals surface area (Å²) in [5.41, 5.74) is 0.667. The van der Waals surface area contributed by atoms with Gasteiger partial charge in [0.15, 0.2) is 11.4 Å². The Morgan fingerprint density at radius 3 is 2.69 bits per heavy atom. The van der Waals surface area contributed by atoms with Gasteiger partial charge >= 0.3 is 5.97 Å². The second-order valence-electron chi connectivity index (χ2n) is 3.45. The molecule has 0 bridgehead atoms. The van der Waals surface area contributed by atoms with E-state index in [4.69, 9.17) is 5.11 Å². The van der Waals surface area contributed by atoms with E-state index < -0.39 is 5.97 Å². The molecule has 0 radical (unpaired) electrons. The monoisotopic (exact) mass is 281 g/mol. The Labute approximate surface area is 99.7 Å². The summed E-state index contributed by atoms with van der Waals surface area (Å²) in [4.78, 5) is 14.6. The maximum absolute atomic E-state index is 10.8. The molecule has 16 heavy (non-hydrogen) atoms. The van der Waals surface area contributed by atoms with Gasteiger partial charge in [0.1, 0.15) is 4.60 Å². The van der Waals surface area contributed by atoms with E-state index in [-0.39, 0.29) is 11.4 Å². The third kappa shape index (κ3) is 1.63. The van der Waals surface area contributed by atoms with Crippen LogP contribution in [0.1, 0.15) is 16.1 Å². The number of pyridine rings is 1. The van der Waals surface area contributed by atoms with E-state index in [1.165, 1.54) is 0 Å². The molecule has 1 aromatic carbocycles. The Morgan fingerprint density at radius 1 is 1.38 bits per heavy atom. The second-order valence-corrected chi connectivity index (χ2v) is 4.21. The molecule has 1 aromatic heterocycles. The number of rotatable bonds is 1. The molecule has 0 amide bonds. The number of benzene rings is 1. The highest BCUT2D eigenvalue weighted by Crippen LogP contribution is 2.32. The molecule has 0 saturated heterocycles. The molecule has 0 unspecified atom stereocenters. The van der Waals surface area contributed by atoms with E-state index in [1.54, 1.807) is 12.1 Å². The van der Waals surface area contributed by atoms with Gasteiger partial charge in [0.05, 0.1) is 0 Å². The van der Waals surface area contributed by atoms with Crippen LogP contribution in [0.2, 0.25) is 0 Å². The first-order valence-corrected chi connectivity index (χ1v) is 5.32. The van der Waals surface area contributed by atoms with Crippen LogP contribution in [0.15, 0.2) is 22.8 Å². The fourth-order valence-corrected chi connectivity index (χ4v) is 2.03. The van der Waals surface area contributed by atoms with Crippen molar-refractivity contribution >= 4 is 32.7 Å². The first-order valence-electron chi connectivity index (χ1n) is 4.53. The van der Waals surface area contributed by atoms with E-state index in [2.05, 4.69) is 20.9 Å². The van der Waals surface area contributed by atoms with Crippen LogP contribution in [0.5, 0.6) is 5.75 Å². The Morgan fingerprint density at radius 2 is 2.06 bits per heavy atom. The summed E-state index contributed by atoms with van der Waals surface area (Å²) in [5.74, 6) is -1.55. The van der Waals surface area contributed by atoms with Crippen LogP contribution >= 0.6 is 15.9 Å². The van der Waals surface area contributed by atoms with E-state index in [0.29, 0.717) is 15.4 Å². The number of aryl methyl sites for hydroxylation is 1. The molecule has 0 aliphatic carbocycles. The van der Waals surface area contributed by atoms with Crippen molar-refractivity contribution in [2.45, 2.75) is 6.92 Å². The maximum Gasteiger partial charge on any atom is 0.358 e. The highest BCUT2D eigenvalue weighted by atomic mass is 79.9. The predicted octanol–water partition coefficient (Wildman–Crippen LogP) is 2.71. The Hall–Kier alpha value is -1.62. The van der Waals surface area contributed by atoms with Gasteiger partial charge in [-0.3, -0.25) is 0 Å². The summed E-state index contributed by atoms with van der Waals surface area (Å²) in [6.45, 7) is 1.91. The Balaban J connectivity index is 2.90. The number of aromatic hydroxyl groups is 1. The predicted molar refractivity (Wildman–Crippen MR) is 62.8 cm³/mol. The van der Waals surface area contributed by atoms with Crippen LogP contribution in [0.25, 0.3) is 10.8 Å². The Bertz CT molecular complexity index is 595. The fraction of sp³-hybridized carbons (Fsp3) is 0.0909. The third-order valence-corrected chi connectivity index (χ3v) is 2.89. The van der Waals surface area contributed by atoms with Crippen molar-refractivity contribution < 1.29 is 15.0 Å². The molecular weight excluding hydrogens is 274 g/mol. The molecule has 0 fully saturated rings. The number of carboxylic acids is 1. The zero-order valence-corrected chi connectivity index (χ0v) is 9.95. The number of nitrogens with zero attached hydrogens (tertiary/aromatic N) is 1. The summed E-state index contributed by atoms with van der Waals surface area (Å²) >= 11 is 3.20. The van der Waals surface area contributed by atoms with Gasteiger partial charge in [0.25, 0.3) is 0 Å². The number of aromatic carboxylic acids is 1. The SMILES string of the molecule is Cc1ccc2c(O)c(C(=O)O)nc(Br)c2c1. The number of hydrogen-bond donors (Lipinski definition) is 2. The summed E-state index contributed by atoms with van der Waals surface area (Å²) < 4.78 is 0.418. The van der Waals surface area contributed by atoms with Gasteiger partial charge < -0.3 is 10.2 Å². The van der Waals surface area contributed by atoms with Gasteiger partial charge in [-0.1, -0.05) is 17.7 Å². The second kappa shape index (κ2) is 3.75. The smallest absolute Gasteiger partial charge is 0.358 e. The standard InChI is InChI=1S/C11H8BrNO3/c1-5-2-3-6-7(4-5)10(12)13-8(9(6)14)11(15)16/h2-4,14H,1H3,(H,15,16). The molecule has 2 aromatic rings. The van der Waals surface area contributed by atoms with E-state index in [9.17, 15) is 9.90 Å². The first kappa shape index (κ1) is 10.9. The Kier molecular flexibility index (Phi) is 2.55. The average Bonchev–Trinajstić information content (AvgIpc) is 2.22. The van der Waals surface area contributed by atoms with Crippen molar-refractivity contribution in [2.75, 3.05) is 0 Å². The van der Waals surface area contributed by atoms with Crippen molar-refractivity contribution in [3.05, 3.63) is 34.1 Å². The molecular formula is C11H8BrNO3. The molecule has 0 aliphatic rings. The van der Waals surface area contributed by atoms with Crippen molar-refractivity contribution in [3.63, 3.8) is 0 Å². The molecule has 82 valence electrons. The number of hydrogen-bond acceptors (Lipinski definition) is 3. The van der Waals surface area contributed by atoms with Gasteiger partial charge in [-0.15, -0.1) is 0 Å². The van der Waals surface area contributed by atoms with Crippen LogP contribution in [0.3, 0.4) is 0 Å². The minimum atomic E-state index is -1.25. The van der Waals surface area contributed by atoms with Gasteiger partial charge in [-0.25, -0.2) is 9.78 Å². The molecule has 0 atom stereocenters. The summed E-state index contributed by atoms with van der Waals surface area (Å²) in [7, 11) is 0. The van der Waals surface area contributed by atoms with Crippen molar-refractivity contribution in [2.24, 2.45) is 0 Å². The van der Waals surface area contributed by atoms with Gasteiger partial charge in [0, 0.05) is 10.8 Å². The lowest BCUT2D eigenvalue weighted by molar-refractivity contribution is 0.0687. The molecule has 2 N–H and O–H groups in total. The van der Waals surface area contributed by atoms with Crippen LogP contribution in [-0.2, 0) is 0 Å². The minimum Gasteiger partial charge on any atom is -0.505 e. The van der Waals surface area contributed by atoms with Crippen molar-refractivity contribution in [1.29, 1.82) is 0 Å². The number of halogens is 1. The zero-order valence-electron chi connectivity index (χ0n) is 8.36. The lowest BCUT2D eigenvalue weighted by Crippen LogP contribution is -2.01. The number of carboxylic acid groups (broad SMARTS) is 1. The summed E-state index contributed by atoms with van der Waals surface area (Å²) in [6, 6.07) is 5.32. The number of fused-ring (bicyclic) bond motifs is 1. The fourth-order valence-electron chi connectivity index (χ4n) is 1.52. The lowest BCUT2D eigenvalue weighted by atomic mass is 10.1. The molecule has 1 heterocycles. The minimum absolute atomic E-state index is 0.300. The van der Waals surface area contributed by atoms with Gasteiger partial charge in [-0.05, 0) is 28.9 Å². The zero-order chi connectivity index (χ0) is 11.9. The van der Waals surface area contributed by atoms with Crippen LogP contribution in [0, 0.1) is 6.92 Å². The highest BCUT2D eigenvalue weighted by molar-refractivity contribution is 9.10. The van der Waals surface area contributed by atoms with Crippen molar-refractivity contribution in [3.8, 4) is 5.75 Å². The molecule has 0 spiro atoms. The topological polar surface area (TPSA) is 70.4 Å². The lowest BCUT2D eigenvalue weighted by Gasteiger charge is -2.06. The van der Waals surface area contributed by atoms with E-state index >= 15 is 0 Å². The molecule has 2 rings (SSSR count). The van der Waals surface area contributed by atoms with Crippen LogP contribution < -0.4 is 0 Å². The maximum atomic E-state index is 10.8. The molecule has 0 aliphatic heterocycles. The van der Waals surface area contributed by atoms with Gasteiger partial charge in [0.2, 0.25) is 0 Å². The van der Waals surface area contributed by atoms with Crippen LogP contribution in [0.4, 0.5) is 0 Å². The number of aromatic nitrogens is 1. The number of carbonyl (C=O) groups is 1. The quantitative estimate of drug-likeness (QED) is 0.789. The third-order valence-electron chi connectivity index (χ3n) is 2.29. The average molecular weight is 282 g/mol. The summed E-state index contributed by atoms with van der Waals surface area (Å²) in [5, 5.41) is 19.8. The van der Waals surface area contributed by atoms with E-state index in [0.717, 1.165) is 5.56 Å². The summed E-state index contributed by atoms with van der Waals surface area (Å²) in [6.07, 6.45) is 0. The molecule has 4 nitrogen and oxygen atoms in total. The van der Waals surface area contributed by atoms with Gasteiger partial charge in [-0.2, -0.15) is 0 Å². The first-order chi connectivity index (χ1) is 7.50. The largest absolute Gasteiger partial charge is 0.505 e. The van der Waals surface area contributed by atoms with E-state index in [1.807, 2.05) is 13.0 Å². The highest BCUT2D eigenvalue weighted by Gasteiger charge is 2.17. The normalized spacial score (nSPS) is 10.6. The molecule has 0 saturated carbocycles.